The zero-order valence-corrected chi connectivity index (χ0v) is 23.0. The minimum absolute atomic E-state index is 0.453. The van der Waals surface area contributed by atoms with Gasteiger partial charge in [0.2, 0.25) is 0 Å². The number of thioether (sulfide) groups is 1. The molecule has 33 heavy (non-hydrogen) atoms. The van der Waals surface area contributed by atoms with Crippen molar-refractivity contribution in [3.63, 3.8) is 0 Å². The van der Waals surface area contributed by atoms with Gasteiger partial charge in [0, 0.05) is 21.1 Å². The Morgan fingerprint density at radius 1 is 1.12 bits per heavy atom. The van der Waals surface area contributed by atoms with Crippen molar-refractivity contribution in [3.8, 4) is 0 Å². The van der Waals surface area contributed by atoms with Gasteiger partial charge in [-0.25, -0.2) is 4.99 Å². The van der Waals surface area contributed by atoms with E-state index in [2.05, 4.69) is 44.4 Å². The van der Waals surface area contributed by atoms with Gasteiger partial charge in [0.05, 0.1) is 10.7 Å². The molecule has 0 spiro atoms. The van der Waals surface area contributed by atoms with Crippen molar-refractivity contribution < 1.29 is 4.57 Å². The molecule has 0 saturated carbocycles. The molecule has 0 aliphatic rings. The summed E-state index contributed by atoms with van der Waals surface area (Å²) in [5.74, 6) is 1.31. The summed E-state index contributed by atoms with van der Waals surface area (Å²) in [5.41, 5.74) is 2.94. The van der Waals surface area contributed by atoms with Gasteiger partial charge < -0.3 is 15.2 Å². The van der Waals surface area contributed by atoms with Gasteiger partial charge in [-0.2, -0.15) is 0 Å². The summed E-state index contributed by atoms with van der Waals surface area (Å²) >= 11 is 8.38. The fourth-order valence-electron chi connectivity index (χ4n) is 2.88. The van der Waals surface area contributed by atoms with Crippen LogP contribution in [-0.2, 0) is 4.57 Å². The molecule has 0 bridgehead atoms. The molecule has 2 rings (SSSR count). The SMILES string of the molecule is C\C=C(Cl)/C(=N\C(Nc1ccc(P(C)(C)=O)cc1)=C(/C)CC)Nc1ccccc1SC(C)C. The zero-order valence-electron chi connectivity index (χ0n) is 20.6. The molecule has 2 N–H and O–H groups in total. The van der Waals surface area contributed by atoms with Crippen LogP contribution in [0.1, 0.15) is 41.0 Å². The Morgan fingerprint density at radius 2 is 1.76 bits per heavy atom. The van der Waals surface area contributed by atoms with Crippen LogP contribution in [0.4, 0.5) is 11.4 Å². The van der Waals surface area contributed by atoms with Crippen molar-refractivity contribution in [2.45, 2.75) is 51.2 Å². The second-order valence-corrected chi connectivity index (χ2v) is 13.6. The number of hydrogen-bond donors (Lipinski definition) is 2. The maximum absolute atomic E-state index is 12.3. The Balaban J connectivity index is 2.44. The number of allylic oxidation sites excluding steroid dienone is 2. The number of para-hydroxylation sites is 1. The summed E-state index contributed by atoms with van der Waals surface area (Å²) < 4.78 is 12.3. The molecule has 0 radical (unpaired) electrons. The lowest BCUT2D eigenvalue weighted by atomic mass is 10.2. The number of amidine groups is 1. The van der Waals surface area contributed by atoms with Crippen molar-refractivity contribution in [2.75, 3.05) is 24.0 Å². The Morgan fingerprint density at radius 3 is 2.30 bits per heavy atom. The fraction of sp³-hybridized carbons (Fsp3) is 0.346. The lowest BCUT2D eigenvalue weighted by Gasteiger charge is -2.17. The van der Waals surface area contributed by atoms with Crippen molar-refractivity contribution >= 4 is 53.0 Å². The van der Waals surface area contributed by atoms with Gasteiger partial charge in [-0.15, -0.1) is 11.8 Å². The van der Waals surface area contributed by atoms with Crippen LogP contribution in [-0.4, -0.2) is 24.4 Å². The lowest BCUT2D eigenvalue weighted by molar-refractivity contribution is 0.588. The molecule has 0 aliphatic heterocycles. The average Bonchev–Trinajstić information content (AvgIpc) is 2.77. The highest BCUT2D eigenvalue weighted by molar-refractivity contribution is 8.00. The first kappa shape index (κ1) is 27.3. The molecule has 0 heterocycles. The number of rotatable bonds is 9. The van der Waals surface area contributed by atoms with Crippen LogP contribution in [0.25, 0.3) is 0 Å². The van der Waals surface area contributed by atoms with Gasteiger partial charge in [-0.3, -0.25) is 0 Å². The van der Waals surface area contributed by atoms with E-state index in [1.165, 1.54) is 0 Å². The van der Waals surface area contributed by atoms with E-state index in [4.69, 9.17) is 16.6 Å². The van der Waals surface area contributed by atoms with E-state index in [-0.39, 0.29) is 0 Å². The van der Waals surface area contributed by atoms with E-state index in [1.807, 2.05) is 55.5 Å². The Bertz CT molecular complexity index is 1080. The van der Waals surface area contributed by atoms with E-state index in [0.717, 1.165) is 39.4 Å². The molecule has 0 saturated heterocycles. The summed E-state index contributed by atoms with van der Waals surface area (Å²) in [6, 6.07) is 15.9. The molecule has 0 atom stereocenters. The van der Waals surface area contributed by atoms with Crippen LogP contribution in [0, 0.1) is 0 Å². The maximum atomic E-state index is 12.3. The number of nitrogens with zero attached hydrogens (tertiary/aromatic N) is 1. The van der Waals surface area contributed by atoms with E-state index in [1.54, 1.807) is 25.1 Å². The number of hydrogen-bond acceptors (Lipinski definition) is 4. The van der Waals surface area contributed by atoms with E-state index >= 15 is 0 Å². The average molecular weight is 504 g/mol. The summed E-state index contributed by atoms with van der Waals surface area (Å²) in [7, 11) is -2.30. The van der Waals surface area contributed by atoms with Crippen molar-refractivity contribution in [1.29, 1.82) is 0 Å². The van der Waals surface area contributed by atoms with E-state index < -0.39 is 7.14 Å². The number of anilines is 2. The van der Waals surface area contributed by atoms with Crippen molar-refractivity contribution in [2.24, 2.45) is 4.99 Å². The summed E-state index contributed by atoms with van der Waals surface area (Å²) in [6.45, 7) is 13.9. The van der Waals surface area contributed by atoms with E-state index in [9.17, 15) is 4.57 Å². The van der Waals surface area contributed by atoms with Crippen LogP contribution < -0.4 is 15.9 Å². The van der Waals surface area contributed by atoms with Crippen molar-refractivity contribution in [3.05, 3.63) is 71.0 Å². The molecule has 0 unspecified atom stereocenters. The topological polar surface area (TPSA) is 53.5 Å². The minimum atomic E-state index is -2.30. The summed E-state index contributed by atoms with van der Waals surface area (Å²) in [5, 5.41) is 8.71. The normalized spacial score (nSPS) is 13.7. The fourth-order valence-corrected chi connectivity index (χ4v) is 4.75. The second kappa shape index (κ2) is 12.5. The smallest absolute Gasteiger partial charge is 0.151 e. The van der Waals surface area contributed by atoms with Gasteiger partial charge in [-0.05, 0) is 75.6 Å². The van der Waals surface area contributed by atoms with Gasteiger partial charge in [0.15, 0.2) is 5.84 Å². The molecule has 4 nitrogen and oxygen atoms in total. The highest BCUT2D eigenvalue weighted by atomic mass is 35.5. The first-order valence-electron chi connectivity index (χ1n) is 11.1. The number of benzene rings is 2. The van der Waals surface area contributed by atoms with E-state index in [0.29, 0.717) is 16.1 Å². The molecule has 7 heteroatoms. The third-order valence-electron chi connectivity index (χ3n) is 4.89. The number of nitrogens with one attached hydrogen (secondary N) is 2. The highest BCUT2D eigenvalue weighted by Gasteiger charge is 2.13. The van der Waals surface area contributed by atoms with Gasteiger partial charge >= 0.3 is 0 Å². The monoisotopic (exact) mass is 503 g/mol. The Hall–Kier alpha value is -1.94. The third-order valence-corrected chi connectivity index (χ3v) is 7.91. The lowest BCUT2D eigenvalue weighted by Crippen LogP contribution is -2.16. The molecule has 178 valence electrons. The van der Waals surface area contributed by atoms with Gasteiger partial charge in [-0.1, -0.05) is 50.6 Å². The third kappa shape index (κ3) is 8.41. The van der Waals surface area contributed by atoms with Gasteiger partial charge in [0.25, 0.3) is 0 Å². The molecule has 0 aliphatic carbocycles. The Labute approximate surface area is 208 Å². The molecule has 2 aromatic rings. The molecule has 0 amide bonds. The largest absolute Gasteiger partial charge is 0.340 e. The molecular weight excluding hydrogens is 469 g/mol. The first-order chi connectivity index (χ1) is 15.5. The molecular formula is C26H35ClN3OPS. The van der Waals surface area contributed by atoms with Crippen molar-refractivity contribution in [1.82, 2.24) is 0 Å². The molecule has 0 fully saturated rings. The first-order valence-corrected chi connectivity index (χ1v) is 15.0. The molecule has 2 aromatic carbocycles. The quantitative estimate of drug-likeness (QED) is 0.157. The van der Waals surface area contributed by atoms with Crippen LogP contribution >= 0.6 is 30.5 Å². The summed E-state index contributed by atoms with van der Waals surface area (Å²) in [6.07, 6.45) is 2.67. The Kier molecular flexibility index (Phi) is 10.3. The van der Waals surface area contributed by atoms with Crippen LogP contribution in [0.5, 0.6) is 0 Å². The predicted octanol–water partition coefficient (Wildman–Crippen LogP) is 8.14. The zero-order chi connectivity index (χ0) is 24.6. The van der Waals surface area contributed by atoms with Crippen LogP contribution in [0.3, 0.4) is 0 Å². The number of halogens is 1. The summed E-state index contributed by atoms with van der Waals surface area (Å²) in [4.78, 5) is 6.05. The maximum Gasteiger partial charge on any atom is 0.151 e. The van der Waals surface area contributed by atoms with Crippen LogP contribution in [0.15, 0.2) is 80.9 Å². The minimum Gasteiger partial charge on any atom is -0.340 e. The second-order valence-electron chi connectivity index (χ2n) is 8.39. The van der Waals surface area contributed by atoms with Gasteiger partial charge in [0.1, 0.15) is 13.0 Å². The highest BCUT2D eigenvalue weighted by Crippen LogP contribution is 2.35. The molecule has 0 aromatic heterocycles. The predicted molar refractivity (Wildman–Crippen MR) is 150 cm³/mol. The number of aliphatic imine (C=N–C) groups is 1. The standard InChI is InChI=1S/C26H35ClN3OPS/c1-8-19(5)25(28-20-14-16-21(17-15-20)32(6,7)31)30-26(22(27)9-2)29-23-12-10-11-13-24(23)33-18(3)4/h9-18,28H,8H2,1-7H3,(H,29,30)/b22-9+,25-19+. The van der Waals surface area contributed by atoms with Crippen LogP contribution in [0.2, 0.25) is 0 Å².